The van der Waals surface area contributed by atoms with Crippen molar-refractivity contribution in [2.45, 2.75) is 31.9 Å². The number of aromatic nitrogens is 2. The van der Waals surface area contributed by atoms with Crippen molar-refractivity contribution >= 4 is 45.8 Å². The third-order valence-electron chi connectivity index (χ3n) is 5.12. The lowest BCUT2D eigenvalue weighted by atomic mass is 9.94. The molecule has 32 heavy (non-hydrogen) atoms. The van der Waals surface area contributed by atoms with Crippen LogP contribution in [0.1, 0.15) is 33.0 Å². The maximum Gasteiger partial charge on any atom is 0.407 e. The number of alkyl carbamates (subject to hydrolysis) is 1. The first-order chi connectivity index (χ1) is 15.5. The summed E-state index contributed by atoms with van der Waals surface area (Å²) < 4.78 is 7.26. The number of hydrogen-bond acceptors (Lipinski definition) is 7. The summed E-state index contributed by atoms with van der Waals surface area (Å²) in [6.45, 7) is 0.333. The molecule has 0 bridgehead atoms. The molecule has 3 aromatic rings. The van der Waals surface area contributed by atoms with Crippen LogP contribution in [0.2, 0.25) is 0 Å². The van der Waals surface area contributed by atoms with Gasteiger partial charge >= 0.3 is 6.09 Å². The fourth-order valence-corrected chi connectivity index (χ4v) is 5.37. The Hall–Kier alpha value is -3.42. The molecule has 4 rings (SSSR count). The molecule has 1 unspecified atom stereocenters. The number of anilines is 1. The van der Waals surface area contributed by atoms with Crippen LogP contribution in [-0.4, -0.2) is 27.9 Å². The number of rotatable bonds is 6. The van der Waals surface area contributed by atoms with Gasteiger partial charge in [-0.1, -0.05) is 6.07 Å². The van der Waals surface area contributed by atoms with E-state index in [4.69, 9.17) is 4.74 Å². The molecule has 2 N–H and O–H groups in total. The molecule has 10 heteroatoms. The van der Waals surface area contributed by atoms with Gasteiger partial charge in [0.1, 0.15) is 17.2 Å². The fourth-order valence-electron chi connectivity index (χ4n) is 3.49. The van der Waals surface area contributed by atoms with Gasteiger partial charge in [-0.3, -0.25) is 9.48 Å². The predicted molar refractivity (Wildman–Crippen MR) is 123 cm³/mol. The average molecular weight is 468 g/mol. The SMILES string of the molecule is Cn1nccc1CNC(=O)OC1CCc2c(sc(NC(=O)C=Cc3cccs3)c2C#N)C1. The number of carbonyl (C=O) groups excluding carboxylic acids is 2. The predicted octanol–water partition coefficient (Wildman–Crippen LogP) is 3.85. The third kappa shape index (κ3) is 5.07. The topological polar surface area (TPSA) is 109 Å². The summed E-state index contributed by atoms with van der Waals surface area (Å²) in [6.07, 6.45) is 5.89. The first-order valence-electron chi connectivity index (χ1n) is 10.0. The van der Waals surface area contributed by atoms with Gasteiger partial charge in [0.25, 0.3) is 0 Å². The van der Waals surface area contributed by atoms with E-state index >= 15 is 0 Å². The van der Waals surface area contributed by atoms with Crippen LogP contribution in [0.25, 0.3) is 6.08 Å². The minimum Gasteiger partial charge on any atom is -0.446 e. The first-order valence-corrected chi connectivity index (χ1v) is 11.7. The standard InChI is InChI=1S/C22H21N5O3S2/c1-27-14(8-9-25-27)13-24-22(29)30-15-4-6-17-18(12-23)21(32-19(17)11-15)26-20(28)7-5-16-3-2-10-31-16/h2-3,5,7-10,15H,4,6,11,13H2,1H3,(H,24,29)(H,26,28). The molecule has 8 nitrogen and oxygen atoms in total. The van der Waals surface area contributed by atoms with E-state index in [2.05, 4.69) is 21.8 Å². The molecule has 3 heterocycles. The number of hydrogen-bond donors (Lipinski definition) is 2. The lowest BCUT2D eigenvalue weighted by Gasteiger charge is -2.22. The van der Waals surface area contributed by atoms with E-state index in [0.29, 0.717) is 36.4 Å². The number of ether oxygens (including phenoxy) is 1. The Kier molecular flexibility index (Phi) is 6.68. The minimum atomic E-state index is -0.482. The zero-order valence-corrected chi connectivity index (χ0v) is 19.0. The zero-order chi connectivity index (χ0) is 22.5. The van der Waals surface area contributed by atoms with Crippen LogP contribution in [0, 0.1) is 11.3 Å². The molecule has 3 aromatic heterocycles. The van der Waals surface area contributed by atoms with Crippen molar-refractivity contribution in [3.05, 3.63) is 62.4 Å². The van der Waals surface area contributed by atoms with Gasteiger partial charge in [0.15, 0.2) is 0 Å². The van der Waals surface area contributed by atoms with E-state index in [1.54, 1.807) is 28.3 Å². The van der Waals surface area contributed by atoms with Crippen LogP contribution in [0.3, 0.4) is 0 Å². The molecule has 1 atom stereocenters. The fraction of sp³-hybridized carbons (Fsp3) is 0.273. The van der Waals surface area contributed by atoms with Gasteiger partial charge in [-0.2, -0.15) is 10.4 Å². The van der Waals surface area contributed by atoms with Crippen LogP contribution in [-0.2, 0) is 36.0 Å². The third-order valence-corrected chi connectivity index (χ3v) is 7.13. The van der Waals surface area contributed by atoms with Crippen molar-refractivity contribution in [1.29, 1.82) is 5.26 Å². The highest BCUT2D eigenvalue weighted by molar-refractivity contribution is 7.16. The van der Waals surface area contributed by atoms with E-state index in [1.807, 2.05) is 30.6 Å². The van der Waals surface area contributed by atoms with Gasteiger partial charge in [-0.15, -0.1) is 22.7 Å². The second kappa shape index (κ2) is 9.80. The Morgan fingerprint density at radius 2 is 2.31 bits per heavy atom. The number of carbonyl (C=O) groups is 2. The van der Waals surface area contributed by atoms with Crippen LogP contribution >= 0.6 is 22.7 Å². The molecule has 0 saturated carbocycles. The monoisotopic (exact) mass is 467 g/mol. The lowest BCUT2D eigenvalue weighted by molar-refractivity contribution is -0.111. The minimum absolute atomic E-state index is 0.276. The van der Waals surface area contributed by atoms with Gasteiger partial charge in [-0.25, -0.2) is 4.79 Å². The lowest BCUT2D eigenvalue weighted by Crippen LogP contribution is -2.32. The second-order valence-electron chi connectivity index (χ2n) is 7.23. The number of nitrogens with zero attached hydrogens (tertiary/aromatic N) is 3. The molecule has 164 valence electrons. The largest absolute Gasteiger partial charge is 0.446 e. The van der Waals surface area contributed by atoms with Crippen molar-refractivity contribution < 1.29 is 14.3 Å². The summed E-state index contributed by atoms with van der Waals surface area (Å²) in [5.74, 6) is -0.282. The number of thiophene rings is 2. The summed E-state index contributed by atoms with van der Waals surface area (Å²) >= 11 is 2.92. The highest BCUT2D eigenvalue weighted by atomic mass is 32.1. The Balaban J connectivity index is 1.36. The van der Waals surface area contributed by atoms with Crippen molar-refractivity contribution in [2.24, 2.45) is 7.05 Å². The summed E-state index contributed by atoms with van der Waals surface area (Å²) in [5.41, 5.74) is 2.31. The van der Waals surface area contributed by atoms with E-state index in [1.165, 1.54) is 17.4 Å². The highest BCUT2D eigenvalue weighted by Crippen LogP contribution is 2.38. The van der Waals surface area contributed by atoms with Crippen molar-refractivity contribution in [2.75, 3.05) is 5.32 Å². The summed E-state index contributed by atoms with van der Waals surface area (Å²) in [6, 6.07) is 7.89. The number of aryl methyl sites for hydroxylation is 1. The number of nitrogens with one attached hydrogen (secondary N) is 2. The number of amides is 2. The maximum atomic E-state index is 12.3. The second-order valence-corrected chi connectivity index (χ2v) is 9.31. The highest BCUT2D eigenvalue weighted by Gasteiger charge is 2.28. The van der Waals surface area contributed by atoms with Gasteiger partial charge in [0.2, 0.25) is 5.91 Å². The Bertz CT molecular complexity index is 1190. The molecule has 0 aromatic carbocycles. The molecule has 2 amide bonds. The molecular formula is C22H21N5O3S2. The van der Waals surface area contributed by atoms with Gasteiger partial charge in [-0.05, 0) is 42.0 Å². The Morgan fingerprint density at radius 3 is 3.03 bits per heavy atom. The number of nitriles is 1. The van der Waals surface area contributed by atoms with Crippen molar-refractivity contribution in [3.8, 4) is 6.07 Å². The van der Waals surface area contributed by atoms with Gasteiger partial charge < -0.3 is 15.4 Å². The molecule has 1 aliphatic rings. The smallest absolute Gasteiger partial charge is 0.407 e. The Morgan fingerprint density at radius 1 is 1.44 bits per heavy atom. The van der Waals surface area contributed by atoms with E-state index in [0.717, 1.165) is 21.0 Å². The van der Waals surface area contributed by atoms with Crippen LogP contribution in [0.15, 0.2) is 35.9 Å². The van der Waals surface area contributed by atoms with E-state index in [9.17, 15) is 14.9 Å². The van der Waals surface area contributed by atoms with Crippen molar-refractivity contribution in [1.82, 2.24) is 15.1 Å². The van der Waals surface area contributed by atoms with Crippen molar-refractivity contribution in [3.63, 3.8) is 0 Å². The summed E-state index contributed by atoms with van der Waals surface area (Å²) in [4.78, 5) is 26.5. The van der Waals surface area contributed by atoms with Gasteiger partial charge in [0.05, 0.1) is 17.8 Å². The van der Waals surface area contributed by atoms with Crippen LogP contribution < -0.4 is 10.6 Å². The molecule has 0 fully saturated rings. The summed E-state index contributed by atoms with van der Waals surface area (Å²) in [5, 5.41) is 21.8. The van der Waals surface area contributed by atoms with E-state index in [-0.39, 0.29) is 12.0 Å². The quantitative estimate of drug-likeness (QED) is 0.535. The molecule has 1 aliphatic carbocycles. The van der Waals surface area contributed by atoms with Crippen LogP contribution in [0.4, 0.5) is 9.80 Å². The molecule has 0 spiro atoms. The normalized spacial score (nSPS) is 15.2. The Labute approximate surface area is 193 Å². The zero-order valence-electron chi connectivity index (χ0n) is 17.3. The molecular weight excluding hydrogens is 446 g/mol. The molecule has 0 aliphatic heterocycles. The van der Waals surface area contributed by atoms with E-state index < -0.39 is 6.09 Å². The molecule has 0 radical (unpaired) electrons. The first kappa shape index (κ1) is 21.8. The van der Waals surface area contributed by atoms with Gasteiger partial charge in [0, 0.05) is 35.5 Å². The summed E-state index contributed by atoms with van der Waals surface area (Å²) in [7, 11) is 1.81. The number of fused-ring (bicyclic) bond motifs is 1. The maximum absolute atomic E-state index is 12.3. The van der Waals surface area contributed by atoms with Crippen LogP contribution in [0.5, 0.6) is 0 Å². The average Bonchev–Trinajstić information content (AvgIpc) is 3.50. The molecule has 0 saturated heterocycles.